The molecule has 2 unspecified atom stereocenters. The van der Waals surface area contributed by atoms with Gasteiger partial charge in [-0.05, 0) is 61.3 Å². The van der Waals surface area contributed by atoms with Gasteiger partial charge in [0.25, 0.3) is 5.69 Å². The number of ether oxygens (including phenoxy) is 2. The van der Waals surface area contributed by atoms with Crippen LogP contribution in [0.5, 0.6) is 0 Å². The van der Waals surface area contributed by atoms with Gasteiger partial charge < -0.3 is 18.9 Å². The van der Waals surface area contributed by atoms with E-state index in [0.29, 0.717) is 12.8 Å². The van der Waals surface area contributed by atoms with Crippen LogP contribution < -0.4 is 10.3 Å². The molecule has 0 radical (unpaired) electrons. The maximum Gasteiger partial charge on any atom is 0.410 e. The van der Waals surface area contributed by atoms with E-state index >= 15 is 4.39 Å². The van der Waals surface area contributed by atoms with Crippen LogP contribution in [0.3, 0.4) is 0 Å². The van der Waals surface area contributed by atoms with Crippen molar-refractivity contribution in [1.29, 1.82) is 0 Å². The Labute approximate surface area is 225 Å². The lowest BCUT2D eigenvalue weighted by Crippen LogP contribution is -2.59. The fourth-order valence-corrected chi connectivity index (χ4v) is 5.43. The number of pyridine rings is 1. The van der Waals surface area contributed by atoms with Crippen LogP contribution in [0.2, 0.25) is 0 Å². The van der Waals surface area contributed by atoms with Crippen molar-refractivity contribution >= 4 is 34.3 Å². The Morgan fingerprint density at radius 3 is 2.26 bits per heavy atom. The summed E-state index contributed by atoms with van der Waals surface area (Å²) in [5, 5.41) is 11.9. The molecular formula is C27H35FN4O7. The molecule has 1 aliphatic carbocycles. The maximum atomic E-state index is 16.6. The lowest BCUT2D eigenvalue weighted by atomic mass is 9.99. The summed E-state index contributed by atoms with van der Waals surface area (Å²) >= 11 is 0. The van der Waals surface area contributed by atoms with Crippen LogP contribution in [0, 0.1) is 22.9 Å². The standard InChI is InChI=1S/C27H35FN4O7/c1-8-38-25(34)18-13-30(17-9-10-17)23-19(24(18)33)21(32(36)37)16(4)22(20(23)28)29-11-14(2)31(15(3)12-29)26(35)39-27(5,6)7/h13-15,17H,8-12H2,1-7H3. The Morgan fingerprint density at radius 2 is 1.77 bits per heavy atom. The van der Waals surface area contributed by atoms with Crippen LogP contribution in [0.1, 0.15) is 76.3 Å². The maximum absolute atomic E-state index is 16.6. The number of nitrogens with zero attached hydrogens (tertiary/aromatic N) is 4. The van der Waals surface area contributed by atoms with Crippen molar-refractivity contribution in [2.24, 2.45) is 0 Å². The van der Waals surface area contributed by atoms with Gasteiger partial charge in [-0.2, -0.15) is 0 Å². The number of amides is 1. The van der Waals surface area contributed by atoms with Gasteiger partial charge in [-0.25, -0.2) is 14.0 Å². The van der Waals surface area contributed by atoms with Crippen LogP contribution in [0.25, 0.3) is 10.9 Å². The summed E-state index contributed by atoms with van der Waals surface area (Å²) in [6, 6.07) is -0.990. The summed E-state index contributed by atoms with van der Waals surface area (Å²) in [5.74, 6) is -1.67. The Kier molecular flexibility index (Phi) is 7.35. The molecule has 0 spiro atoms. The molecule has 1 saturated carbocycles. The number of rotatable bonds is 5. The first-order chi connectivity index (χ1) is 18.2. The van der Waals surface area contributed by atoms with Crippen LogP contribution in [0.4, 0.5) is 20.6 Å². The van der Waals surface area contributed by atoms with Crippen molar-refractivity contribution in [1.82, 2.24) is 9.47 Å². The number of nitro groups is 1. The van der Waals surface area contributed by atoms with Gasteiger partial charge in [0.15, 0.2) is 5.82 Å². The molecule has 0 bridgehead atoms. The molecule has 4 rings (SSSR count). The molecule has 1 aromatic carbocycles. The topological polar surface area (TPSA) is 124 Å². The highest BCUT2D eigenvalue weighted by atomic mass is 19.1. The third-order valence-electron chi connectivity index (χ3n) is 7.06. The molecule has 39 heavy (non-hydrogen) atoms. The van der Waals surface area contributed by atoms with Crippen molar-refractivity contribution in [2.75, 3.05) is 24.6 Å². The van der Waals surface area contributed by atoms with E-state index in [1.165, 1.54) is 17.7 Å². The lowest BCUT2D eigenvalue weighted by Gasteiger charge is -2.45. The smallest absolute Gasteiger partial charge is 0.410 e. The second-order valence-electron chi connectivity index (χ2n) is 11.3. The summed E-state index contributed by atoms with van der Waals surface area (Å²) in [6.07, 6.45) is 2.13. The highest BCUT2D eigenvalue weighted by molar-refractivity contribution is 6.00. The molecule has 2 fully saturated rings. The molecule has 12 heteroatoms. The van der Waals surface area contributed by atoms with Crippen LogP contribution in [-0.2, 0) is 9.47 Å². The molecule has 1 saturated heterocycles. The summed E-state index contributed by atoms with van der Waals surface area (Å²) < 4.78 is 28.6. The zero-order valence-electron chi connectivity index (χ0n) is 23.4. The van der Waals surface area contributed by atoms with Gasteiger partial charge >= 0.3 is 12.1 Å². The number of esters is 1. The first-order valence-electron chi connectivity index (χ1n) is 13.2. The number of hydrogen-bond acceptors (Lipinski definition) is 8. The Bertz CT molecular complexity index is 1400. The molecule has 2 aliphatic rings. The van der Waals surface area contributed by atoms with E-state index < -0.39 is 57.0 Å². The first kappa shape index (κ1) is 28.3. The quantitative estimate of drug-likeness (QED) is 0.300. The number of halogens is 1. The Hall–Kier alpha value is -3.70. The van der Waals surface area contributed by atoms with E-state index in [0.717, 1.165) is 0 Å². The Balaban J connectivity index is 1.90. The molecule has 2 atom stereocenters. The van der Waals surface area contributed by atoms with E-state index in [4.69, 9.17) is 9.47 Å². The van der Waals surface area contributed by atoms with Crippen molar-refractivity contribution in [3.8, 4) is 0 Å². The van der Waals surface area contributed by atoms with Crippen molar-refractivity contribution in [3.63, 3.8) is 0 Å². The third kappa shape index (κ3) is 5.16. The number of hydrogen-bond donors (Lipinski definition) is 0. The van der Waals surface area contributed by atoms with Gasteiger partial charge in [-0.3, -0.25) is 19.8 Å². The van der Waals surface area contributed by atoms with Gasteiger partial charge in [-0.15, -0.1) is 0 Å². The summed E-state index contributed by atoms with van der Waals surface area (Å²) in [7, 11) is 0. The van der Waals surface area contributed by atoms with Gasteiger partial charge in [0.05, 0.1) is 40.4 Å². The normalized spacial score (nSPS) is 19.8. The van der Waals surface area contributed by atoms with E-state index in [2.05, 4.69) is 0 Å². The number of aromatic nitrogens is 1. The third-order valence-corrected chi connectivity index (χ3v) is 7.06. The van der Waals surface area contributed by atoms with E-state index in [9.17, 15) is 24.5 Å². The predicted octanol–water partition coefficient (Wildman–Crippen LogP) is 4.70. The fraction of sp³-hybridized carbons (Fsp3) is 0.593. The monoisotopic (exact) mass is 546 g/mol. The molecule has 1 amide bonds. The lowest BCUT2D eigenvalue weighted by molar-refractivity contribution is -0.383. The molecule has 11 nitrogen and oxygen atoms in total. The average molecular weight is 547 g/mol. The Morgan fingerprint density at radius 1 is 1.18 bits per heavy atom. The van der Waals surface area contributed by atoms with Crippen LogP contribution in [0.15, 0.2) is 11.0 Å². The largest absolute Gasteiger partial charge is 0.462 e. The van der Waals surface area contributed by atoms with Gasteiger partial charge in [0.2, 0.25) is 5.43 Å². The molecule has 2 heterocycles. The summed E-state index contributed by atoms with van der Waals surface area (Å²) in [5.41, 5.74) is -2.73. The van der Waals surface area contributed by atoms with E-state index in [-0.39, 0.29) is 48.1 Å². The first-order valence-corrected chi connectivity index (χ1v) is 13.2. The predicted molar refractivity (Wildman–Crippen MR) is 143 cm³/mol. The SMILES string of the molecule is CCOC(=O)c1cn(C2CC2)c2c(F)c(N3CC(C)N(C(=O)OC(C)(C)C)C(C)C3)c(C)c([N+](=O)[O-])c2c1=O. The van der Waals surface area contributed by atoms with E-state index in [1.54, 1.807) is 51.3 Å². The zero-order valence-corrected chi connectivity index (χ0v) is 23.4. The highest BCUT2D eigenvalue weighted by Gasteiger charge is 2.40. The second-order valence-corrected chi connectivity index (χ2v) is 11.3. The molecule has 2 aromatic rings. The second kappa shape index (κ2) is 10.1. The molecule has 1 aromatic heterocycles. The number of carbonyl (C=O) groups excluding carboxylic acids is 2. The number of anilines is 1. The minimum atomic E-state index is -0.933. The number of fused-ring (bicyclic) bond motifs is 1. The van der Waals surface area contributed by atoms with Gasteiger partial charge in [-0.1, -0.05) is 0 Å². The van der Waals surface area contributed by atoms with Gasteiger partial charge in [0, 0.05) is 25.3 Å². The van der Waals surface area contributed by atoms with Crippen LogP contribution >= 0.6 is 0 Å². The minimum absolute atomic E-state index is 0.00873. The molecule has 1 aliphatic heterocycles. The summed E-state index contributed by atoms with van der Waals surface area (Å²) in [6.45, 7) is 12.3. The average Bonchev–Trinajstić information content (AvgIpc) is 3.63. The minimum Gasteiger partial charge on any atom is -0.462 e. The number of benzene rings is 1. The van der Waals surface area contributed by atoms with Gasteiger partial charge in [0.1, 0.15) is 16.6 Å². The molecule has 0 N–H and O–H groups in total. The summed E-state index contributed by atoms with van der Waals surface area (Å²) in [4.78, 5) is 53.8. The number of carbonyl (C=O) groups is 2. The zero-order chi connectivity index (χ0) is 29.0. The fourth-order valence-electron chi connectivity index (χ4n) is 5.43. The van der Waals surface area contributed by atoms with Crippen molar-refractivity contribution < 1.29 is 28.4 Å². The number of nitro benzene ring substituents is 1. The number of piperazine rings is 1. The van der Waals surface area contributed by atoms with Crippen molar-refractivity contribution in [3.05, 3.63) is 43.5 Å². The van der Waals surface area contributed by atoms with Crippen LogP contribution in [-0.4, -0.2) is 63.8 Å². The molecular weight excluding hydrogens is 511 g/mol. The van der Waals surface area contributed by atoms with E-state index in [1.807, 2.05) is 0 Å². The van der Waals surface area contributed by atoms with Crippen molar-refractivity contribution in [2.45, 2.75) is 85.0 Å². The highest BCUT2D eigenvalue weighted by Crippen LogP contribution is 2.44. The molecule has 212 valence electrons.